The summed E-state index contributed by atoms with van der Waals surface area (Å²) in [6.45, 7) is 2.30. The van der Waals surface area contributed by atoms with Gasteiger partial charge in [0.1, 0.15) is 11.6 Å². The van der Waals surface area contributed by atoms with Gasteiger partial charge in [0.2, 0.25) is 0 Å². The first-order valence-electron chi connectivity index (χ1n) is 13.8. The van der Waals surface area contributed by atoms with Gasteiger partial charge in [-0.3, -0.25) is 19.3 Å². The molecule has 3 aromatic rings. The largest absolute Gasteiger partial charge is 0.371 e. The molecule has 0 unspecified atom stereocenters. The monoisotopic (exact) mass is 544 g/mol. The number of imide groups is 1. The molecule has 7 nitrogen and oxygen atoms in total. The van der Waals surface area contributed by atoms with Crippen molar-refractivity contribution in [3.63, 3.8) is 0 Å². The number of carbonyl (C=O) groups is 3. The van der Waals surface area contributed by atoms with Gasteiger partial charge in [-0.1, -0.05) is 60.7 Å². The van der Waals surface area contributed by atoms with E-state index in [9.17, 15) is 14.4 Å². The summed E-state index contributed by atoms with van der Waals surface area (Å²) in [5, 5.41) is 11.6. The Labute approximate surface area is 240 Å². The lowest BCUT2D eigenvalue weighted by Gasteiger charge is -2.37. The summed E-state index contributed by atoms with van der Waals surface area (Å²) in [6, 6.07) is 24.9. The lowest BCUT2D eigenvalue weighted by Crippen LogP contribution is -2.34. The fourth-order valence-corrected chi connectivity index (χ4v) is 5.75. The molecule has 1 N–H and O–H groups in total. The molecule has 3 heterocycles. The molecule has 0 saturated carbocycles. The van der Waals surface area contributed by atoms with Crippen LogP contribution in [0.2, 0.25) is 0 Å². The smallest absolute Gasteiger partial charge is 0.261 e. The highest BCUT2D eigenvalue weighted by Gasteiger charge is 2.36. The summed E-state index contributed by atoms with van der Waals surface area (Å²) in [7, 11) is 3.06. The third-order valence-corrected chi connectivity index (χ3v) is 7.67. The highest BCUT2D eigenvalue weighted by molar-refractivity contribution is 6.48. The molecule has 3 aliphatic heterocycles. The van der Waals surface area contributed by atoms with E-state index in [-0.39, 0.29) is 23.3 Å². The minimum atomic E-state index is -0.328. The second-order valence-corrected chi connectivity index (χ2v) is 10.3. The van der Waals surface area contributed by atoms with Crippen LogP contribution in [-0.2, 0) is 27.2 Å². The minimum absolute atomic E-state index is 0.160. The molecule has 0 saturated heterocycles. The molecular weight excluding hydrogens is 512 g/mol. The maximum Gasteiger partial charge on any atom is 0.261 e. The normalized spacial score (nSPS) is 16.1. The van der Waals surface area contributed by atoms with Crippen LogP contribution in [0.25, 0.3) is 17.2 Å². The molecule has 7 heteroatoms. The Morgan fingerprint density at radius 2 is 1.34 bits per heavy atom. The Hall–Kier alpha value is -4.96. The molecule has 0 atom stereocenters. The highest BCUT2D eigenvalue weighted by Crippen LogP contribution is 2.37. The van der Waals surface area contributed by atoms with Crippen LogP contribution < -0.4 is 10.2 Å². The Kier molecular flexibility index (Phi) is 8.11. The van der Waals surface area contributed by atoms with Gasteiger partial charge in [0, 0.05) is 32.9 Å². The van der Waals surface area contributed by atoms with Crippen molar-refractivity contribution >= 4 is 40.6 Å². The summed E-state index contributed by atoms with van der Waals surface area (Å²) >= 11 is 0. The molecule has 0 aliphatic carbocycles. The van der Waals surface area contributed by atoms with Crippen LogP contribution in [0.15, 0.2) is 78.4 Å². The molecule has 0 fully saturated rings. The Balaban J connectivity index is 0.000000165. The van der Waals surface area contributed by atoms with Gasteiger partial charge in [0.25, 0.3) is 17.7 Å². The molecule has 3 amide bonds. The molecule has 3 aliphatic rings. The van der Waals surface area contributed by atoms with E-state index in [2.05, 4.69) is 22.3 Å². The molecule has 3 aromatic carbocycles. The Morgan fingerprint density at radius 3 is 1.78 bits per heavy atom. The molecule has 206 valence electrons. The number of hydrogen-bond donors (Lipinski definition) is 1. The maximum atomic E-state index is 12.3. The van der Waals surface area contributed by atoms with Gasteiger partial charge in [0.05, 0.1) is 11.1 Å². The number of nitriles is 1. The zero-order valence-electron chi connectivity index (χ0n) is 23.3. The first kappa shape index (κ1) is 27.6. The number of aryl methyl sites for hydroxylation is 2. The third kappa shape index (κ3) is 5.55. The quantitative estimate of drug-likeness (QED) is 0.294. The van der Waals surface area contributed by atoms with Crippen LogP contribution in [0.5, 0.6) is 0 Å². The zero-order valence-corrected chi connectivity index (χ0v) is 23.3. The Bertz CT molecular complexity index is 1510. The first-order valence-corrected chi connectivity index (χ1v) is 13.8. The van der Waals surface area contributed by atoms with Crippen LogP contribution >= 0.6 is 0 Å². The van der Waals surface area contributed by atoms with Gasteiger partial charge in [-0.15, -0.1) is 0 Å². The van der Waals surface area contributed by atoms with Crippen LogP contribution in [0, 0.1) is 11.3 Å². The van der Waals surface area contributed by atoms with E-state index in [0.717, 1.165) is 42.6 Å². The molecule has 0 aromatic heterocycles. The fourth-order valence-electron chi connectivity index (χ4n) is 5.75. The Morgan fingerprint density at radius 1 is 0.854 bits per heavy atom. The van der Waals surface area contributed by atoms with Crippen molar-refractivity contribution in [3.05, 3.63) is 106 Å². The topological polar surface area (TPSA) is 93.5 Å². The number of nitrogens with zero attached hydrogens (tertiary/aromatic N) is 3. The average Bonchev–Trinajstić information content (AvgIpc) is 3.24. The number of anilines is 1. The van der Waals surface area contributed by atoms with Crippen LogP contribution in [0.4, 0.5) is 5.69 Å². The number of hydrogen-bond acceptors (Lipinski definition) is 5. The van der Waals surface area contributed by atoms with Crippen LogP contribution in [-0.4, -0.2) is 49.8 Å². The second kappa shape index (κ2) is 12.1. The zero-order chi connectivity index (χ0) is 28.9. The highest BCUT2D eigenvalue weighted by atomic mass is 16.2. The van der Waals surface area contributed by atoms with Crippen molar-refractivity contribution in [2.45, 2.75) is 25.7 Å². The van der Waals surface area contributed by atoms with Crippen molar-refractivity contribution < 1.29 is 14.4 Å². The second-order valence-electron chi connectivity index (χ2n) is 10.3. The van der Waals surface area contributed by atoms with E-state index in [1.54, 1.807) is 13.1 Å². The maximum absolute atomic E-state index is 12.3. The number of likely N-dealkylation sites (N-methyl/N-ethyl adjacent to an activating group) is 2. The standard InChI is InChI=1S/C17H19N3O.C17H13NO2/c1-19-17(21)15(11-18)10-12-8-13-4-2-6-20-7-3-5-14(9-12)16(13)20;1-18-16(19)14(12-8-4-2-5-9-12)15(17(18)20)13-10-6-3-7-11-13/h8-10H,2-7H2,1H3,(H,19,21);2-11H,1H3/b15-10+;. The third-order valence-electron chi connectivity index (χ3n) is 7.67. The molecule has 0 bridgehead atoms. The van der Waals surface area contributed by atoms with E-state index in [1.165, 1.54) is 41.6 Å². The minimum Gasteiger partial charge on any atom is -0.371 e. The number of carbonyl (C=O) groups excluding carboxylic acids is 3. The van der Waals surface area contributed by atoms with E-state index in [0.29, 0.717) is 11.1 Å². The first-order chi connectivity index (χ1) is 19.9. The summed E-state index contributed by atoms with van der Waals surface area (Å²) in [5.74, 6) is -0.828. The number of benzene rings is 3. The SMILES string of the molecule is CN1C(=O)C(c2ccccc2)=C(c2ccccc2)C1=O.CNC(=O)/C(C#N)=C/c1cc2c3c(c1)CCCN3CCC2. The molecule has 0 radical (unpaired) electrons. The molecule has 41 heavy (non-hydrogen) atoms. The lowest BCUT2D eigenvalue weighted by atomic mass is 9.89. The van der Waals surface area contributed by atoms with Crippen molar-refractivity contribution in [1.82, 2.24) is 10.2 Å². The molecular formula is C34H32N4O3. The molecule has 6 rings (SSSR count). The number of rotatable bonds is 4. The van der Waals surface area contributed by atoms with Gasteiger partial charge < -0.3 is 10.2 Å². The average molecular weight is 545 g/mol. The van der Waals surface area contributed by atoms with Gasteiger partial charge in [-0.25, -0.2) is 0 Å². The van der Waals surface area contributed by atoms with Gasteiger partial charge in [-0.05, 0) is 71.7 Å². The van der Waals surface area contributed by atoms with Crippen molar-refractivity contribution in [2.24, 2.45) is 0 Å². The molecule has 0 spiro atoms. The summed E-state index contributed by atoms with van der Waals surface area (Å²) in [4.78, 5) is 40.0. The van der Waals surface area contributed by atoms with Crippen molar-refractivity contribution in [1.29, 1.82) is 5.26 Å². The lowest BCUT2D eigenvalue weighted by molar-refractivity contribution is -0.134. The number of nitrogens with one attached hydrogen (secondary N) is 1. The van der Waals surface area contributed by atoms with Crippen molar-refractivity contribution in [3.8, 4) is 6.07 Å². The predicted octanol–water partition coefficient (Wildman–Crippen LogP) is 4.63. The summed E-state index contributed by atoms with van der Waals surface area (Å²) < 4.78 is 0. The van der Waals surface area contributed by atoms with E-state index >= 15 is 0 Å². The van der Waals surface area contributed by atoms with Crippen LogP contribution in [0.3, 0.4) is 0 Å². The van der Waals surface area contributed by atoms with Gasteiger partial charge in [-0.2, -0.15) is 5.26 Å². The van der Waals surface area contributed by atoms with E-state index < -0.39 is 0 Å². The van der Waals surface area contributed by atoms with Gasteiger partial charge in [0.15, 0.2) is 0 Å². The van der Waals surface area contributed by atoms with Crippen LogP contribution in [0.1, 0.15) is 40.7 Å². The van der Waals surface area contributed by atoms with Crippen molar-refractivity contribution in [2.75, 3.05) is 32.1 Å². The fraction of sp³-hybridized carbons (Fsp3) is 0.235. The summed E-state index contributed by atoms with van der Waals surface area (Å²) in [6.07, 6.45) is 6.23. The van der Waals surface area contributed by atoms with Gasteiger partial charge >= 0.3 is 0 Å². The van der Waals surface area contributed by atoms with E-state index in [4.69, 9.17) is 5.26 Å². The number of amides is 3. The predicted molar refractivity (Wildman–Crippen MR) is 160 cm³/mol. The van der Waals surface area contributed by atoms with E-state index in [1.807, 2.05) is 66.7 Å². The summed E-state index contributed by atoms with van der Waals surface area (Å²) in [5.41, 5.74) is 7.75.